The summed E-state index contributed by atoms with van der Waals surface area (Å²) in [6, 6.07) is 7.55. The largest absolute Gasteiger partial charge is 0.347 e. The van der Waals surface area contributed by atoms with Gasteiger partial charge in [-0.3, -0.25) is 4.79 Å². The number of benzene rings is 1. The van der Waals surface area contributed by atoms with Gasteiger partial charge in [-0.15, -0.1) is 12.6 Å². The van der Waals surface area contributed by atoms with Crippen LogP contribution in [-0.4, -0.2) is 11.4 Å². The summed E-state index contributed by atoms with van der Waals surface area (Å²) < 4.78 is 0. The molecule has 0 saturated heterocycles. The topological polar surface area (TPSA) is 29.1 Å². The third-order valence-electron chi connectivity index (χ3n) is 5.53. The highest BCUT2D eigenvalue weighted by molar-refractivity contribution is 7.80. The van der Waals surface area contributed by atoms with E-state index in [1.165, 1.54) is 38.5 Å². The van der Waals surface area contributed by atoms with E-state index in [-0.39, 0.29) is 11.4 Å². The van der Waals surface area contributed by atoms with Gasteiger partial charge in [-0.2, -0.15) is 0 Å². The lowest BCUT2D eigenvalue weighted by atomic mass is 9.53. The van der Waals surface area contributed by atoms with E-state index in [1.807, 2.05) is 24.3 Å². The van der Waals surface area contributed by atoms with E-state index in [9.17, 15) is 4.79 Å². The predicted octanol–water partition coefficient (Wildman–Crippen LogP) is 3.67. The highest BCUT2D eigenvalue weighted by atomic mass is 32.1. The minimum atomic E-state index is 0.0860. The molecule has 0 atom stereocenters. The molecule has 4 bridgehead atoms. The summed E-state index contributed by atoms with van der Waals surface area (Å²) >= 11 is 4.33. The van der Waals surface area contributed by atoms with E-state index in [4.69, 9.17) is 0 Å². The van der Waals surface area contributed by atoms with Crippen LogP contribution in [-0.2, 0) is 0 Å². The quantitative estimate of drug-likeness (QED) is 0.798. The van der Waals surface area contributed by atoms with Gasteiger partial charge < -0.3 is 5.32 Å². The molecule has 0 radical (unpaired) electrons. The molecule has 0 unspecified atom stereocenters. The van der Waals surface area contributed by atoms with Gasteiger partial charge in [0.25, 0.3) is 5.91 Å². The van der Waals surface area contributed by atoms with Crippen LogP contribution in [0.4, 0.5) is 0 Å². The van der Waals surface area contributed by atoms with Gasteiger partial charge in [-0.05, 0) is 74.5 Å². The van der Waals surface area contributed by atoms with E-state index in [0.717, 1.165) is 28.2 Å². The molecular weight excluding hydrogens is 266 g/mol. The Labute approximate surface area is 125 Å². The number of nitrogens with one attached hydrogen (secondary N) is 1. The summed E-state index contributed by atoms with van der Waals surface area (Å²) in [5, 5.41) is 3.40. The van der Waals surface area contributed by atoms with E-state index in [0.29, 0.717) is 0 Å². The first-order chi connectivity index (χ1) is 9.62. The number of carbonyl (C=O) groups is 1. The van der Waals surface area contributed by atoms with Gasteiger partial charge in [0.15, 0.2) is 0 Å². The van der Waals surface area contributed by atoms with Crippen molar-refractivity contribution in [3.8, 4) is 0 Å². The van der Waals surface area contributed by atoms with Crippen LogP contribution in [0.5, 0.6) is 0 Å². The van der Waals surface area contributed by atoms with Crippen LogP contribution in [0.25, 0.3) is 0 Å². The van der Waals surface area contributed by atoms with E-state index in [1.54, 1.807) is 0 Å². The van der Waals surface area contributed by atoms with Crippen molar-refractivity contribution in [1.82, 2.24) is 5.32 Å². The van der Waals surface area contributed by atoms with E-state index >= 15 is 0 Å². The number of hydrogen-bond acceptors (Lipinski definition) is 2. The first kappa shape index (κ1) is 12.8. The van der Waals surface area contributed by atoms with Crippen LogP contribution in [0.15, 0.2) is 29.2 Å². The smallest absolute Gasteiger partial charge is 0.251 e. The van der Waals surface area contributed by atoms with Crippen LogP contribution in [0.1, 0.15) is 48.9 Å². The van der Waals surface area contributed by atoms with Gasteiger partial charge in [-0.1, -0.05) is 6.07 Å². The summed E-state index contributed by atoms with van der Waals surface area (Å²) in [6.45, 7) is 0. The Bertz CT molecular complexity index is 518. The molecule has 0 heterocycles. The molecule has 4 fully saturated rings. The summed E-state index contributed by atoms with van der Waals surface area (Å²) in [5.74, 6) is 2.66. The molecule has 0 spiro atoms. The lowest BCUT2D eigenvalue weighted by Gasteiger charge is -2.56. The Balaban J connectivity index is 1.55. The average molecular weight is 287 g/mol. The summed E-state index contributed by atoms with van der Waals surface area (Å²) in [6.07, 6.45) is 7.81. The molecule has 0 aliphatic heterocycles. The third-order valence-corrected chi connectivity index (χ3v) is 5.80. The maximum absolute atomic E-state index is 12.5. The first-order valence-electron chi connectivity index (χ1n) is 7.73. The Morgan fingerprint density at radius 3 is 2.25 bits per heavy atom. The van der Waals surface area contributed by atoms with Crippen molar-refractivity contribution in [2.24, 2.45) is 17.8 Å². The maximum atomic E-state index is 12.5. The Hall–Kier alpha value is -0.960. The molecule has 0 aromatic heterocycles. The highest BCUT2D eigenvalue weighted by Crippen LogP contribution is 2.55. The summed E-state index contributed by atoms with van der Waals surface area (Å²) in [5.41, 5.74) is 0.839. The van der Waals surface area contributed by atoms with Gasteiger partial charge in [-0.25, -0.2) is 0 Å². The monoisotopic (exact) mass is 287 g/mol. The molecular formula is C17H21NOS. The third kappa shape index (κ3) is 2.16. The molecule has 2 nitrogen and oxygen atoms in total. The van der Waals surface area contributed by atoms with Crippen LogP contribution < -0.4 is 5.32 Å². The molecule has 3 heteroatoms. The Morgan fingerprint density at radius 2 is 1.70 bits per heavy atom. The Kier molecular flexibility index (Phi) is 2.88. The fraction of sp³-hybridized carbons (Fsp3) is 0.588. The van der Waals surface area contributed by atoms with Crippen molar-refractivity contribution in [2.45, 2.75) is 49.0 Å². The molecule has 106 valence electrons. The number of amides is 1. The molecule has 20 heavy (non-hydrogen) atoms. The zero-order valence-electron chi connectivity index (χ0n) is 11.6. The number of hydrogen-bond donors (Lipinski definition) is 2. The minimum absolute atomic E-state index is 0.0860. The zero-order chi connectivity index (χ0) is 13.7. The fourth-order valence-electron chi connectivity index (χ4n) is 5.22. The molecule has 5 rings (SSSR count). The van der Waals surface area contributed by atoms with Crippen LogP contribution >= 0.6 is 12.6 Å². The van der Waals surface area contributed by atoms with Crippen molar-refractivity contribution >= 4 is 18.5 Å². The van der Waals surface area contributed by atoms with Crippen LogP contribution in [0, 0.1) is 17.8 Å². The van der Waals surface area contributed by atoms with Gasteiger partial charge in [0, 0.05) is 16.0 Å². The van der Waals surface area contributed by atoms with Crippen molar-refractivity contribution in [1.29, 1.82) is 0 Å². The second kappa shape index (κ2) is 4.52. The zero-order valence-corrected chi connectivity index (χ0v) is 12.5. The minimum Gasteiger partial charge on any atom is -0.347 e. The number of rotatable bonds is 2. The molecule has 4 aliphatic carbocycles. The standard InChI is InChI=1S/C17H21NOS/c19-16(14-2-1-3-15(20)7-14)18-17-8-11-4-12(9-17)6-13(5-11)10-17/h1-3,7,11-13,20H,4-6,8-10H2,(H,18,19). The molecule has 4 saturated carbocycles. The van der Waals surface area contributed by atoms with Crippen molar-refractivity contribution in [3.63, 3.8) is 0 Å². The van der Waals surface area contributed by atoms with Gasteiger partial charge >= 0.3 is 0 Å². The van der Waals surface area contributed by atoms with Crippen LogP contribution in [0.3, 0.4) is 0 Å². The van der Waals surface area contributed by atoms with Crippen molar-refractivity contribution in [3.05, 3.63) is 29.8 Å². The molecule has 4 aliphatic rings. The normalized spacial score (nSPS) is 38.0. The van der Waals surface area contributed by atoms with Gasteiger partial charge in [0.05, 0.1) is 0 Å². The second-order valence-electron chi connectivity index (χ2n) is 7.20. The average Bonchev–Trinajstić information content (AvgIpc) is 2.36. The van der Waals surface area contributed by atoms with Gasteiger partial charge in [0.2, 0.25) is 0 Å². The molecule has 1 aromatic carbocycles. The van der Waals surface area contributed by atoms with Crippen LogP contribution in [0.2, 0.25) is 0 Å². The van der Waals surface area contributed by atoms with E-state index < -0.39 is 0 Å². The van der Waals surface area contributed by atoms with Crippen molar-refractivity contribution < 1.29 is 4.79 Å². The predicted molar refractivity (Wildman–Crippen MR) is 82.1 cm³/mol. The molecule has 1 amide bonds. The lowest BCUT2D eigenvalue weighted by molar-refractivity contribution is -0.0167. The van der Waals surface area contributed by atoms with E-state index in [2.05, 4.69) is 17.9 Å². The molecule has 1 aromatic rings. The SMILES string of the molecule is O=C(NC12CC3CC(CC(C3)C1)C2)c1cccc(S)c1. The fourth-order valence-corrected chi connectivity index (χ4v) is 5.45. The van der Waals surface area contributed by atoms with Gasteiger partial charge in [0.1, 0.15) is 0 Å². The number of carbonyl (C=O) groups excluding carboxylic acids is 1. The van der Waals surface area contributed by atoms with Crippen molar-refractivity contribution in [2.75, 3.05) is 0 Å². The second-order valence-corrected chi connectivity index (χ2v) is 7.72. The summed E-state index contributed by atoms with van der Waals surface area (Å²) in [7, 11) is 0. The Morgan fingerprint density at radius 1 is 1.10 bits per heavy atom. The first-order valence-corrected chi connectivity index (χ1v) is 8.18. The number of thiol groups is 1. The highest BCUT2D eigenvalue weighted by Gasteiger charge is 2.51. The lowest BCUT2D eigenvalue weighted by Crippen LogP contribution is -2.59. The maximum Gasteiger partial charge on any atom is 0.251 e. The summed E-state index contributed by atoms with van der Waals surface area (Å²) in [4.78, 5) is 13.4. The molecule has 1 N–H and O–H groups in total.